The second-order valence-corrected chi connectivity index (χ2v) is 7.46. The molecule has 26 heavy (non-hydrogen) atoms. The number of carbonyl (C=O) groups excluding carboxylic acids is 1. The average molecular weight is 364 g/mol. The molecule has 1 heterocycles. The standard InChI is InChI=1S/C9H15N3.C6H9NO.C4H9N.CH4/c1-6(2)8-5-9(10)12(11-8)7-3-4-7;1-5(2)6(8)3-4-7;5-3-4-1-2-4;/h5-7H,3-4,10H2,1-2H3;5H,3H2,1-2H3;4H,1-3,5H2;1H4. The topological polar surface area (TPSA) is 111 Å². The molecule has 0 aromatic carbocycles. The number of aromatic nitrogens is 2. The van der Waals surface area contributed by atoms with Crippen molar-refractivity contribution in [3.05, 3.63) is 11.8 Å². The molecular weight excluding hydrogens is 326 g/mol. The summed E-state index contributed by atoms with van der Waals surface area (Å²) in [5.74, 6) is 2.24. The molecule has 3 rings (SSSR count). The molecule has 0 unspecified atom stereocenters. The Hall–Kier alpha value is -1.87. The first-order chi connectivity index (χ1) is 11.8. The normalized spacial score (nSPS) is 15.2. The summed E-state index contributed by atoms with van der Waals surface area (Å²) in [4.78, 5) is 10.5. The van der Waals surface area contributed by atoms with Crippen LogP contribution >= 0.6 is 0 Å². The van der Waals surface area contributed by atoms with Gasteiger partial charge in [-0.1, -0.05) is 35.1 Å². The maximum Gasteiger partial charge on any atom is 0.149 e. The largest absolute Gasteiger partial charge is 0.384 e. The minimum atomic E-state index is 0. The molecule has 2 aliphatic carbocycles. The molecule has 0 spiro atoms. The van der Waals surface area contributed by atoms with Crippen molar-refractivity contribution in [2.45, 2.75) is 79.2 Å². The lowest BCUT2D eigenvalue weighted by atomic mass is 10.1. The molecule has 2 aliphatic rings. The first-order valence-corrected chi connectivity index (χ1v) is 9.24. The van der Waals surface area contributed by atoms with E-state index < -0.39 is 0 Å². The zero-order valence-electron chi connectivity index (χ0n) is 16.0. The lowest BCUT2D eigenvalue weighted by Crippen LogP contribution is -2.04. The van der Waals surface area contributed by atoms with Crippen LogP contribution in [-0.2, 0) is 4.79 Å². The fourth-order valence-corrected chi connectivity index (χ4v) is 1.96. The van der Waals surface area contributed by atoms with Crippen LogP contribution < -0.4 is 11.5 Å². The molecule has 1 aromatic heterocycles. The molecule has 148 valence electrons. The Balaban J connectivity index is 0.000000389. The third-order valence-electron chi connectivity index (χ3n) is 4.20. The highest BCUT2D eigenvalue weighted by Gasteiger charge is 2.26. The number of hydrogen-bond acceptors (Lipinski definition) is 5. The Morgan fingerprint density at radius 3 is 2.12 bits per heavy atom. The molecule has 1 aromatic rings. The van der Waals surface area contributed by atoms with Crippen LogP contribution in [0.2, 0.25) is 0 Å². The van der Waals surface area contributed by atoms with Crippen LogP contribution in [0.1, 0.15) is 84.9 Å². The summed E-state index contributed by atoms with van der Waals surface area (Å²) in [5.41, 5.74) is 12.2. The Morgan fingerprint density at radius 1 is 1.31 bits per heavy atom. The highest BCUT2D eigenvalue weighted by Crippen LogP contribution is 2.36. The molecule has 0 amide bonds. The SMILES string of the molecule is C.CC(C)C(=O)CC#N.CC(C)c1cc(N)n(C2CC2)n1.NCC1CC1. The Morgan fingerprint density at radius 2 is 1.88 bits per heavy atom. The lowest BCUT2D eigenvalue weighted by Gasteiger charge is -1.99. The summed E-state index contributed by atoms with van der Waals surface area (Å²) in [7, 11) is 0. The minimum absolute atomic E-state index is 0. The first-order valence-electron chi connectivity index (χ1n) is 9.24. The monoisotopic (exact) mass is 363 g/mol. The van der Waals surface area contributed by atoms with E-state index in [1.165, 1.54) is 25.7 Å². The van der Waals surface area contributed by atoms with Crippen LogP contribution in [0.5, 0.6) is 0 Å². The second kappa shape index (κ2) is 11.7. The summed E-state index contributed by atoms with van der Waals surface area (Å²) >= 11 is 0. The van der Waals surface area contributed by atoms with Crippen molar-refractivity contribution in [2.75, 3.05) is 12.3 Å². The third kappa shape index (κ3) is 9.00. The van der Waals surface area contributed by atoms with Gasteiger partial charge in [-0.15, -0.1) is 0 Å². The quantitative estimate of drug-likeness (QED) is 0.820. The number of anilines is 1. The molecule has 2 fully saturated rings. The van der Waals surface area contributed by atoms with E-state index >= 15 is 0 Å². The first kappa shape index (κ1) is 24.1. The van der Waals surface area contributed by atoms with Crippen LogP contribution in [0.4, 0.5) is 5.82 Å². The second-order valence-electron chi connectivity index (χ2n) is 7.46. The van der Waals surface area contributed by atoms with Gasteiger partial charge in [-0.05, 0) is 44.1 Å². The van der Waals surface area contributed by atoms with Gasteiger partial charge in [0.2, 0.25) is 0 Å². The van der Waals surface area contributed by atoms with Crippen LogP contribution in [-0.4, -0.2) is 22.1 Å². The number of nitrogen functional groups attached to an aromatic ring is 1. The number of hydrogen-bond donors (Lipinski definition) is 2. The highest BCUT2D eigenvalue weighted by atomic mass is 16.1. The van der Waals surface area contributed by atoms with Gasteiger partial charge in [-0.25, -0.2) is 4.68 Å². The van der Waals surface area contributed by atoms with Gasteiger partial charge in [0.25, 0.3) is 0 Å². The van der Waals surface area contributed by atoms with Crippen molar-refractivity contribution < 1.29 is 4.79 Å². The molecule has 6 nitrogen and oxygen atoms in total. The molecule has 6 heteroatoms. The van der Waals surface area contributed by atoms with E-state index in [0.29, 0.717) is 12.0 Å². The highest BCUT2D eigenvalue weighted by molar-refractivity contribution is 5.82. The van der Waals surface area contributed by atoms with Crippen LogP contribution in [0.25, 0.3) is 0 Å². The average Bonchev–Trinajstić information content (AvgIpc) is 3.47. The van der Waals surface area contributed by atoms with Crippen LogP contribution in [0, 0.1) is 23.2 Å². The lowest BCUT2D eigenvalue weighted by molar-refractivity contribution is -0.120. The number of ketones is 1. The number of Topliss-reactive ketones (excluding diaryl/α,β-unsaturated/α-hetero) is 1. The van der Waals surface area contributed by atoms with Crippen LogP contribution in [0.3, 0.4) is 0 Å². The fourth-order valence-electron chi connectivity index (χ4n) is 1.96. The molecule has 0 atom stereocenters. The van der Waals surface area contributed by atoms with Gasteiger partial charge in [0.15, 0.2) is 0 Å². The molecule has 0 aliphatic heterocycles. The summed E-state index contributed by atoms with van der Waals surface area (Å²) in [5, 5.41) is 12.5. The van der Waals surface area contributed by atoms with Crippen molar-refractivity contribution in [3.63, 3.8) is 0 Å². The van der Waals surface area contributed by atoms with Gasteiger partial charge in [-0.2, -0.15) is 10.4 Å². The van der Waals surface area contributed by atoms with E-state index in [4.69, 9.17) is 16.7 Å². The number of nitrogens with two attached hydrogens (primary N) is 2. The van der Waals surface area contributed by atoms with E-state index in [-0.39, 0.29) is 25.5 Å². The Bertz CT molecular complexity index is 578. The fraction of sp³-hybridized carbons (Fsp3) is 0.750. The van der Waals surface area contributed by atoms with Gasteiger partial charge in [0, 0.05) is 12.0 Å². The van der Waals surface area contributed by atoms with Gasteiger partial charge in [0.1, 0.15) is 11.6 Å². The van der Waals surface area contributed by atoms with Crippen molar-refractivity contribution in [3.8, 4) is 6.07 Å². The smallest absolute Gasteiger partial charge is 0.149 e. The maximum absolute atomic E-state index is 10.5. The molecular formula is C20H37N5O. The number of rotatable bonds is 5. The number of nitrogens with zero attached hydrogens (tertiary/aromatic N) is 3. The van der Waals surface area contributed by atoms with E-state index in [1.807, 2.05) is 10.7 Å². The van der Waals surface area contributed by atoms with Crippen molar-refractivity contribution in [1.29, 1.82) is 5.26 Å². The molecule has 4 N–H and O–H groups in total. The summed E-state index contributed by atoms with van der Waals surface area (Å²) in [6, 6.07) is 4.38. The molecule has 2 saturated carbocycles. The van der Waals surface area contributed by atoms with Gasteiger partial charge in [-0.3, -0.25) is 4.79 Å². The van der Waals surface area contributed by atoms with Gasteiger partial charge >= 0.3 is 0 Å². The summed E-state index contributed by atoms with van der Waals surface area (Å²) in [6.07, 6.45) is 5.30. The molecule has 0 bridgehead atoms. The maximum atomic E-state index is 10.5. The summed E-state index contributed by atoms with van der Waals surface area (Å²) in [6.45, 7) is 8.78. The Kier molecular flexibility index (Phi) is 10.8. The zero-order valence-corrected chi connectivity index (χ0v) is 16.0. The predicted molar refractivity (Wildman–Crippen MR) is 108 cm³/mol. The van der Waals surface area contributed by atoms with E-state index in [2.05, 4.69) is 18.9 Å². The van der Waals surface area contributed by atoms with Crippen molar-refractivity contribution >= 4 is 11.6 Å². The van der Waals surface area contributed by atoms with E-state index in [1.54, 1.807) is 19.9 Å². The van der Waals surface area contributed by atoms with Gasteiger partial charge < -0.3 is 11.5 Å². The molecule has 0 saturated heterocycles. The number of carbonyl (C=O) groups is 1. The van der Waals surface area contributed by atoms with E-state index in [0.717, 1.165) is 24.0 Å². The van der Waals surface area contributed by atoms with E-state index in [9.17, 15) is 4.79 Å². The summed E-state index contributed by atoms with van der Waals surface area (Å²) < 4.78 is 1.97. The van der Waals surface area contributed by atoms with Crippen molar-refractivity contribution in [2.24, 2.45) is 17.6 Å². The minimum Gasteiger partial charge on any atom is -0.384 e. The Labute approximate surface area is 158 Å². The van der Waals surface area contributed by atoms with Crippen molar-refractivity contribution in [1.82, 2.24) is 9.78 Å². The third-order valence-corrected chi connectivity index (χ3v) is 4.20. The van der Waals surface area contributed by atoms with Gasteiger partial charge in [0.05, 0.1) is 24.2 Å². The predicted octanol–water partition coefficient (Wildman–Crippen LogP) is 4.04. The number of nitriles is 1. The zero-order chi connectivity index (χ0) is 19.0. The molecule has 0 radical (unpaired) electrons. The van der Waals surface area contributed by atoms with Crippen LogP contribution in [0.15, 0.2) is 6.07 Å².